The summed E-state index contributed by atoms with van der Waals surface area (Å²) in [4.78, 5) is 0. The van der Waals surface area contributed by atoms with Crippen LogP contribution in [-0.4, -0.2) is 37.5 Å². The lowest BCUT2D eigenvalue weighted by Crippen LogP contribution is -2.46. The molecule has 0 aromatic heterocycles. The molecular formula is C17H29NO3. The summed E-state index contributed by atoms with van der Waals surface area (Å²) in [6.07, 6.45) is 3.72. The van der Waals surface area contributed by atoms with Crippen LogP contribution in [-0.2, 0) is 0 Å². The third kappa shape index (κ3) is 5.94. The number of nitrogens with one attached hydrogen (secondary N) is 1. The van der Waals surface area contributed by atoms with Gasteiger partial charge in [0, 0.05) is 5.54 Å². The Morgan fingerprint density at radius 1 is 1.05 bits per heavy atom. The van der Waals surface area contributed by atoms with Crippen LogP contribution in [0, 0.1) is 0 Å². The van der Waals surface area contributed by atoms with Crippen molar-refractivity contribution in [2.45, 2.75) is 45.1 Å². The second kappa shape index (κ2) is 9.64. The summed E-state index contributed by atoms with van der Waals surface area (Å²) in [7, 11) is 1.90. The van der Waals surface area contributed by atoms with E-state index in [9.17, 15) is 5.11 Å². The van der Waals surface area contributed by atoms with Gasteiger partial charge in [-0.15, -0.1) is 0 Å². The summed E-state index contributed by atoms with van der Waals surface area (Å²) < 4.78 is 11.3. The van der Waals surface area contributed by atoms with Gasteiger partial charge in [-0.1, -0.05) is 13.8 Å². The van der Waals surface area contributed by atoms with Gasteiger partial charge in [-0.3, -0.25) is 0 Å². The normalized spacial score (nSPS) is 13.7. The van der Waals surface area contributed by atoms with Crippen LogP contribution in [0.1, 0.15) is 39.5 Å². The zero-order chi connectivity index (χ0) is 15.6. The fourth-order valence-electron chi connectivity index (χ4n) is 2.20. The van der Waals surface area contributed by atoms with E-state index in [1.165, 1.54) is 0 Å². The highest BCUT2D eigenvalue weighted by Gasteiger charge is 2.24. The standard InChI is InChI=1S/C17H29NO3/c1-4-12-20-15-7-9-16(10-8-15)21-13-6-11-17(5-2,14-19)18-3/h7-10,18-19H,4-6,11-14H2,1-3H3. The zero-order valence-electron chi connectivity index (χ0n) is 13.5. The van der Waals surface area contributed by atoms with Gasteiger partial charge in [-0.05, 0) is 57.0 Å². The van der Waals surface area contributed by atoms with Crippen molar-refractivity contribution in [3.05, 3.63) is 24.3 Å². The first kappa shape index (κ1) is 17.8. The van der Waals surface area contributed by atoms with Crippen molar-refractivity contribution in [2.75, 3.05) is 26.9 Å². The monoisotopic (exact) mass is 295 g/mol. The van der Waals surface area contributed by atoms with Crippen LogP contribution in [0.4, 0.5) is 0 Å². The highest BCUT2D eigenvalue weighted by atomic mass is 16.5. The highest BCUT2D eigenvalue weighted by Crippen LogP contribution is 2.20. The summed E-state index contributed by atoms with van der Waals surface area (Å²) in [5, 5.41) is 12.7. The quantitative estimate of drug-likeness (QED) is 0.616. The van der Waals surface area contributed by atoms with Gasteiger partial charge in [0.15, 0.2) is 0 Å². The predicted octanol–water partition coefficient (Wildman–Crippen LogP) is 2.99. The van der Waals surface area contributed by atoms with E-state index >= 15 is 0 Å². The molecule has 1 atom stereocenters. The molecule has 0 saturated carbocycles. The summed E-state index contributed by atoms with van der Waals surface area (Å²) in [5.41, 5.74) is -0.179. The molecule has 1 unspecified atom stereocenters. The molecule has 4 heteroatoms. The molecule has 120 valence electrons. The molecule has 0 amide bonds. The number of hydrogen-bond donors (Lipinski definition) is 2. The largest absolute Gasteiger partial charge is 0.494 e. The summed E-state index contributed by atoms with van der Waals surface area (Å²) in [6.45, 7) is 5.72. The summed E-state index contributed by atoms with van der Waals surface area (Å²) >= 11 is 0. The first-order valence-corrected chi connectivity index (χ1v) is 7.85. The molecule has 0 saturated heterocycles. The summed E-state index contributed by atoms with van der Waals surface area (Å²) in [6, 6.07) is 7.73. The van der Waals surface area contributed by atoms with Gasteiger partial charge in [0.1, 0.15) is 11.5 Å². The molecule has 2 N–H and O–H groups in total. The van der Waals surface area contributed by atoms with Crippen LogP contribution >= 0.6 is 0 Å². The maximum absolute atomic E-state index is 9.48. The molecule has 1 aromatic carbocycles. The average Bonchev–Trinajstić information content (AvgIpc) is 2.55. The molecule has 0 bridgehead atoms. The molecule has 0 aliphatic rings. The molecule has 21 heavy (non-hydrogen) atoms. The van der Waals surface area contributed by atoms with Crippen molar-refractivity contribution in [1.82, 2.24) is 5.32 Å². The Kier molecular flexibility index (Phi) is 8.16. The van der Waals surface area contributed by atoms with E-state index in [0.717, 1.165) is 43.8 Å². The van der Waals surface area contributed by atoms with Crippen molar-refractivity contribution < 1.29 is 14.6 Å². The van der Waals surface area contributed by atoms with E-state index in [0.29, 0.717) is 6.61 Å². The molecule has 0 fully saturated rings. The van der Waals surface area contributed by atoms with Crippen molar-refractivity contribution in [1.29, 1.82) is 0 Å². The van der Waals surface area contributed by atoms with Gasteiger partial charge in [-0.25, -0.2) is 0 Å². The minimum Gasteiger partial charge on any atom is -0.494 e. The lowest BCUT2D eigenvalue weighted by molar-refractivity contribution is 0.145. The molecule has 0 spiro atoms. The Morgan fingerprint density at radius 3 is 2.05 bits per heavy atom. The van der Waals surface area contributed by atoms with E-state index in [1.807, 2.05) is 31.3 Å². The lowest BCUT2D eigenvalue weighted by atomic mass is 9.92. The van der Waals surface area contributed by atoms with Gasteiger partial charge in [0.05, 0.1) is 19.8 Å². The Morgan fingerprint density at radius 2 is 1.62 bits per heavy atom. The Labute approximate surface area is 128 Å². The van der Waals surface area contributed by atoms with Gasteiger partial charge in [0.2, 0.25) is 0 Å². The fourth-order valence-corrected chi connectivity index (χ4v) is 2.20. The molecule has 0 heterocycles. The van der Waals surface area contributed by atoms with Gasteiger partial charge in [-0.2, -0.15) is 0 Å². The number of rotatable bonds is 11. The van der Waals surface area contributed by atoms with Crippen molar-refractivity contribution in [3.8, 4) is 11.5 Å². The van der Waals surface area contributed by atoms with Crippen LogP contribution in [0.3, 0.4) is 0 Å². The average molecular weight is 295 g/mol. The molecule has 0 radical (unpaired) electrons. The molecule has 0 aliphatic heterocycles. The summed E-state index contributed by atoms with van der Waals surface area (Å²) in [5.74, 6) is 1.74. The molecule has 4 nitrogen and oxygen atoms in total. The van der Waals surface area contributed by atoms with Crippen LogP contribution in [0.25, 0.3) is 0 Å². The van der Waals surface area contributed by atoms with Crippen LogP contribution < -0.4 is 14.8 Å². The first-order valence-electron chi connectivity index (χ1n) is 7.85. The van der Waals surface area contributed by atoms with E-state index in [4.69, 9.17) is 9.47 Å². The van der Waals surface area contributed by atoms with Crippen molar-refractivity contribution in [2.24, 2.45) is 0 Å². The molecule has 0 aliphatic carbocycles. The zero-order valence-corrected chi connectivity index (χ0v) is 13.5. The van der Waals surface area contributed by atoms with Crippen molar-refractivity contribution in [3.63, 3.8) is 0 Å². The van der Waals surface area contributed by atoms with Crippen molar-refractivity contribution >= 4 is 0 Å². The Hall–Kier alpha value is -1.26. The first-order chi connectivity index (χ1) is 10.2. The third-order valence-corrected chi connectivity index (χ3v) is 3.87. The number of hydrogen-bond acceptors (Lipinski definition) is 4. The molecular weight excluding hydrogens is 266 g/mol. The predicted molar refractivity (Wildman–Crippen MR) is 86.1 cm³/mol. The maximum atomic E-state index is 9.48. The Bertz CT molecular complexity index is 366. The topological polar surface area (TPSA) is 50.7 Å². The number of aliphatic hydroxyl groups is 1. The Balaban J connectivity index is 2.32. The van der Waals surface area contributed by atoms with Gasteiger partial charge >= 0.3 is 0 Å². The number of aliphatic hydroxyl groups excluding tert-OH is 1. The number of likely N-dealkylation sites (N-methyl/N-ethyl adjacent to an activating group) is 1. The van der Waals surface area contributed by atoms with E-state index in [1.54, 1.807) is 0 Å². The second-order valence-corrected chi connectivity index (χ2v) is 5.31. The number of ether oxygens (including phenoxy) is 2. The van der Waals surface area contributed by atoms with Crippen LogP contribution in [0.5, 0.6) is 11.5 Å². The number of benzene rings is 1. The minimum atomic E-state index is -0.179. The van der Waals surface area contributed by atoms with Gasteiger partial charge < -0.3 is 19.9 Å². The van der Waals surface area contributed by atoms with E-state index in [-0.39, 0.29) is 12.1 Å². The smallest absolute Gasteiger partial charge is 0.119 e. The molecule has 1 rings (SSSR count). The molecule has 1 aromatic rings. The SMILES string of the molecule is CCCOc1ccc(OCCCC(CC)(CO)NC)cc1. The van der Waals surface area contributed by atoms with Gasteiger partial charge in [0.25, 0.3) is 0 Å². The maximum Gasteiger partial charge on any atom is 0.119 e. The second-order valence-electron chi connectivity index (χ2n) is 5.31. The lowest BCUT2D eigenvalue weighted by Gasteiger charge is -2.30. The third-order valence-electron chi connectivity index (χ3n) is 3.87. The minimum absolute atomic E-state index is 0.156. The van der Waals surface area contributed by atoms with Crippen LogP contribution in [0.15, 0.2) is 24.3 Å². The fraction of sp³-hybridized carbons (Fsp3) is 0.647. The van der Waals surface area contributed by atoms with E-state index in [2.05, 4.69) is 19.2 Å². The van der Waals surface area contributed by atoms with Crippen LogP contribution in [0.2, 0.25) is 0 Å². The highest BCUT2D eigenvalue weighted by molar-refractivity contribution is 5.31. The van der Waals surface area contributed by atoms with E-state index < -0.39 is 0 Å².